The van der Waals surface area contributed by atoms with Crippen molar-refractivity contribution in [2.24, 2.45) is 0 Å². The highest BCUT2D eigenvalue weighted by Gasteiger charge is 2.27. The Kier molecular flexibility index (Phi) is 5.38. The van der Waals surface area contributed by atoms with Crippen molar-refractivity contribution in [3.05, 3.63) is 52.2 Å². The largest absolute Gasteiger partial charge is 0.380 e. The van der Waals surface area contributed by atoms with Gasteiger partial charge in [0, 0.05) is 17.1 Å². The lowest BCUT2D eigenvalue weighted by Gasteiger charge is -2.21. The number of hydrogen-bond acceptors (Lipinski definition) is 4. The number of thiophene rings is 1. The molecule has 0 unspecified atom stereocenters. The zero-order chi connectivity index (χ0) is 16.1. The van der Waals surface area contributed by atoms with Crippen molar-refractivity contribution >= 4 is 26.9 Å². The van der Waals surface area contributed by atoms with Crippen molar-refractivity contribution in [2.75, 3.05) is 5.32 Å². The van der Waals surface area contributed by atoms with Crippen LogP contribution in [0.4, 0.5) is 5.69 Å². The van der Waals surface area contributed by atoms with E-state index in [2.05, 4.69) is 16.8 Å². The predicted octanol–water partition coefficient (Wildman–Crippen LogP) is 4.61. The van der Waals surface area contributed by atoms with Gasteiger partial charge in [-0.2, -0.15) is 0 Å². The quantitative estimate of drug-likeness (QED) is 0.828. The van der Waals surface area contributed by atoms with Crippen LogP contribution in [0.15, 0.2) is 41.8 Å². The van der Waals surface area contributed by atoms with E-state index in [0.717, 1.165) is 43.5 Å². The second kappa shape index (κ2) is 7.49. The molecule has 0 aliphatic heterocycles. The van der Waals surface area contributed by atoms with Crippen LogP contribution in [0.25, 0.3) is 0 Å². The highest BCUT2D eigenvalue weighted by molar-refractivity contribution is 7.91. The van der Waals surface area contributed by atoms with E-state index in [1.54, 1.807) is 11.3 Å². The summed E-state index contributed by atoms with van der Waals surface area (Å²) in [6.07, 6.45) is 4.93. The molecule has 0 spiro atoms. The molecule has 1 aliphatic rings. The summed E-state index contributed by atoms with van der Waals surface area (Å²) in [6, 6.07) is 11.9. The smallest absolute Gasteiger partial charge is 0.157 e. The Morgan fingerprint density at radius 3 is 2.65 bits per heavy atom. The van der Waals surface area contributed by atoms with Crippen molar-refractivity contribution in [2.45, 2.75) is 49.7 Å². The maximum Gasteiger partial charge on any atom is 0.157 e. The van der Waals surface area contributed by atoms with Gasteiger partial charge in [0.25, 0.3) is 0 Å². The lowest BCUT2D eigenvalue weighted by molar-refractivity contribution is 0.483. The fourth-order valence-electron chi connectivity index (χ4n) is 3.15. The molecule has 124 valence electrons. The summed E-state index contributed by atoms with van der Waals surface area (Å²) in [7, 11) is -3.04. The Balaban J connectivity index is 1.64. The summed E-state index contributed by atoms with van der Waals surface area (Å²) in [5.74, 6) is 0.159. The van der Waals surface area contributed by atoms with Crippen LogP contribution in [0.5, 0.6) is 0 Å². The SMILES string of the molecule is O=S(=O)(Cc1cccc(NCc2cccs2)c1)C1CCCCC1. The van der Waals surface area contributed by atoms with Gasteiger partial charge in [0.1, 0.15) is 0 Å². The molecule has 0 amide bonds. The first kappa shape index (κ1) is 16.5. The summed E-state index contributed by atoms with van der Waals surface area (Å²) >= 11 is 1.72. The average molecular weight is 350 g/mol. The molecule has 0 saturated heterocycles. The Bertz CT molecular complexity index is 717. The zero-order valence-electron chi connectivity index (χ0n) is 13.2. The van der Waals surface area contributed by atoms with Crippen molar-refractivity contribution in [3.63, 3.8) is 0 Å². The van der Waals surface area contributed by atoms with Crippen LogP contribution in [0.3, 0.4) is 0 Å². The second-order valence-corrected chi connectivity index (χ2v) is 9.51. The number of sulfone groups is 1. The van der Waals surface area contributed by atoms with Crippen LogP contribution in [-0.4, -0.2) is 13.7 Å². The molecule has 5 heteroatoms. The lowest BCUT2D eigenvalue weighted by Crippen LogP contribution is -2.25. The van der Waals surface area contributed by atoms with Gasteiger partial charge in [0.05, 0.1) is 11.0 Å². The average Bonchev–Trinajstić information content (AvgIpc) is 3.07. The van der Waals surface area contributed by atoms with E-state index in [9.17, 15) is 8.42 Å². The minimum atomic E-state index is -3.04. The van der Waals surface area contributed by atoms with Crippen LogP contribution in [0.2, 0.25) is 0 Å². The molecule has 0 radical (unpaired) electrons. The molecule has 1 saturated carbocycles. The molecule has 3 rings (SSSR count). The highest BCUT2D eigenvalue weighted by atomic mass is 32.2. The summed E-state index contributed by atoms with van der Waals surface area (Å²) < 4.78 is 25.2. The van der Waals surface area contributed by atoms with Crippen LogP contribution in [-0.2, 0) is 22.1 Å². The minimum Gasteiger partial charge on any atom is -0.380 e. The molecule has 3 nitrogen and oxygen atoms in total. The molecule has 2 aromatic rings. The van der Waals surface area contributed by atoms with Gasteiger partial charge in [0.15, 0.2) is 9.84 Å². The van der Waals surface area contributed by atoms with E-state index >= 15 is 0 Å². The number of benzene rings is 1. The zero-order valence-corrected chi connectivity index (χ0v) is 14.8. The van der Waals surface area contributed by atoms with E-state index in [0.29, 0.717) is 0 Å². The van der Waals surface area contributed by atoms with Crippen LogP contribution in [0.1, 0.15) is 42.5 Å². The first-order chi connectivity index (χ1) is 11.1. The van der Waals surface area contributed by atoms with Gasteiger partial charge in [-0.25, -0.2) is 8.42 Å². The molecule has 0 atom stereocenters. The third-order valence-electron chi connectivity index (χ3n) is 4.40. The highest BCUT2D eigenvalue weighted by Crippen LogP contribution is 2.26. The summed E-state index contributed by atoms with van der Waals surface area (Å²) in [4.78, 5) is 1.27. The fraction of sp³-hybridized carbons (Fsp3) is 0.444. The molecule has 1 aliphatic carbocycles. The van der Waals surface area contributed by atoms with Crippen LogP contribution in [0, 0.1) is 0 Å². The molecule has 1 heterocycles. The lowest BCUT2D eigenvalue weighted by atomic mass is 10.0. The Morgan fingerprint density at radius 2 is 1.91 bits per heavy atom. The first-order valence-corrected chi connectivity index (χ1v) is 10.8. The van der Waals surface area contributed by atoms with Crippen LogP contribution < -0.4 is 5.32 Å². The van der Waals surface area contributed by atoms with E-state index in [1.165, 1.54) is 11.3 Å². The topological polar surface area (TPSA) is 46.2 Å². The summed E-state index contributed by atoms with van der Waals surface area (Å²) in [5.41, 5.74) is 1.86. The van der Waals surface area contributed by atoms with E-state index in [1.807, 2.05) is 30.3 Å². The number of rotatable bonds is 6. The molecular formula is C18H23NO2S2. The van der Waals surface area contributed by atoms with Gasteiger partial charge in [-0.05, 0) is 42.0 Å². The van der Waals surface area contributed by atoms with Crippen molar-refractivity contribution in [3.8, 4) is 0 Å². The maximum absolute atomic E-state index is 12.6. The van der Waals surface area contributed by atoms with E-state index in [-0.39, 0.29) is 11.0 Å². The Labute approximate surface area is 142 Å². The standard InChI is InChI=1S/C18H23NO2S2/c20-23(21,18-9-2-1-3-10-18)14-15-6-4-7-16(12-15)19-13-17-8-5-11-22-17/h4-8,11-12,18-19H,1-3,9-10,13-14H2. The minimum absolute atomic E-state index is 0.140. The fourth-order valence-corrected chi connectivity index (χ4v) is 5.72. The van der Waals surface area contributed by atoms with Crippen molar-refractivity contribution in [1.29, 1.82) is 0 Å². The van der Waals surface area contributed by atoms with Crippen molar-refractivity contribution in [1.82, 2.24) is 0 Å². The number of hydrogen-bond donors (Lipinski definition) is 1. The van der Waals surface area contributed by atoms with Gasteiger partial charge in [-0.1, -0.05) is 37.5 Å². The molecule has 1 aromatic carbocycles. The maximum atomic E-state index is 12.6. The Morgan fingerprint density at radius 1 is 1.09 bits per heavy atom. The first-order valence-electron chi connectivity index (χ1n) is 8.20. The summed E-state index contributed by atoms with van der Waals surface area (Å²) in [6.45, 7) is 0.774. The monoisotopic (exact) mass is 349 g/mol. The van der Waals surface area contributed by atoms with Gasteiger partial charge >= 0.3 is 0 Å². The van der Waals surface area contributed by atoms with E-state index < -0.39 is 9.84 Å². The van der Waals surface area contributed by atoms with Crippen molar-refractivity contribution < 1.29 is 8.42 Å². The number of anilines is 1. The molecular weight excluding hydrogens is 326 g/mol. The van der Waals surface area contributed by atoms with Gasteiger partial charge < -0.3 is 5.32 Å². The molecule has 0 bridgehead atoms. The third kappa shape index (κ3) is 4.58. The van der Waals surface area contributed by atoms with Gasteiger partial charge in [-0.3, -0.25) is 0 Å². The predicted molar refractivity (Wildman–Crippen MR) is 97.6 cm³/mol. The van der Waals surface area contributed by atoms with E-state index in [4.69, 9.17) is 0 Å². The molecule has 1 fully saturated rings. The summed E-state index contributed by atoms with van der Waals surface area (Å²) in [5, 5.41) is 5.29. The van der Waals surface area contributed by atoms with Gasteiger partial charge in [0.2, 0.25) is 0 Å². The molecule has 1 aromatic heterocycles. The van der Waals surface area contributed by atoms with Gasteiger partial charge in [-0.15, -0.1) is 11.3 Å². The van der Waals surface area contributed by atoms with Crippen LogP contribution >= 0.6 is 11.3 Å². The third-order valence-corrected chi connectivity index (χ3v) is 7.50. The normalized spacial score (nSPS) is 16.3. The molecule has 23 heavy (non-hydrogen) atoms. The Hall–Kier alpha value is -1.33. The molecule has 1 N–H and O–H groups in total. The number of nitrogens with one attached hydrogen (secondary N) is 1. The second-order valence-electron chi connectivity index (χ2n) is 6.20.